The van der Waals surface area contributed by atoms with Gasteiger partial charge in [0.15, 0.2) is 0 Å². The summed E-state index contributed by atoms with van der Waals surface area (Å²) >= 11 is 0. The van der Waals surface area contributed by atoms with Crippen molar-refractivity contribution in [2.24, 2.45) is 0 Å². The number of benzene rings is 8. The van der Waals surface area contributed by atoms with Crippen molar-refractivity contribution >= 4 is 27.8 Å². The molecule has 0 spiro atoms. The number of fused-ring (bicyclic) bond motifs is 1. The third-order valence-corrected chi connectivity index (χ3v) is 9.99. The van der Waals surface area contributed by atoms with Crippen LogP contribution in [0.3, 0.4) is 0 Å². The Morgan fingerprint density at radius 3 is 1.14 bits per heavy atom. The van der Waals surface area contributed by atoms with E-state index in [-0.39, 0.29) is 5.41 Å². The molecule has 240 valence electrons. The third kappa shape index (κ3) is 5.99. The Balaban J connectivity index is 1.22. The Kier molecular flexibility index (Phi) is 8.32. The Morgan fingerprint density at radius 1 is 0.320 bits per heavy atom. The van der Waals surface area contributed by atoms with Crippen molar-refractivity contribution in [3.05, 3.63) is 211 Å². The van der Waals surface area contributed by atoms with Crippen molar-refractivity contribution in [2.75, 3.05) is 4.90 Å². The summed E-state index contributed by atoms with van der Waals surface area (Å²) in [5, 5.41) is 2.49. The summed E-state index contributed by atoms with van der Waals surface area (Å²) < 4.78 is 0. The zero-order valence-electron chi connectivity index (χ0n) is 28.5. The van der Waals surface area contributed by atoms with E-state index in [1.807, 2.05) is 0 Å². The second kappa shape index (κ2) is 13.4. The predicted molar refractivity (Wildman–Crippen MR) is 214 cm³/mol. The molecule has 0 amide bonds. The fourth-order valence-corrected chi connectivity index (χ4v) is 7.18. The van der Waals surface area contributed by atoms with Crippen LogP contribution in [0.2, 0.25) is 0 Å². The van der Waals surface area contributed by atoms with E-state index in [4.69, 9.17) is 0 Å². The van der Waals surface area contributed by atoms with Gasteiger partial charge in [0.1, 0.15) is 0 Å². The maximum absolute atomic E-state index is 2.40. The standard InChI is InChI=1S/C49H39N/c1-49(2,42-18-10-5-11-19-42)47-34-35-48(46-21-13-12-20-45(46)47)50(43-30-26-40(27-31-43)37-16-8-4-9-17-37)44-32-28-41(29-33-44)39-24-22-38(23-25-39)36-14-6-3-7-15-36/h3-35H,1-2H3. The third-order valence-electron chi connectivity index (χ3n) is 9.99. The highest BCUT2D eigenvalue weighted by atomic mass is 15.1. The first-order chi connectivity index (χ1) is 24.6. The van der Waals surface area contributed by atoms with Crippen LogP contribution >= 0.6 is 0 Å². The Labute approximate surface area is 295 Å². The minimum Gasteiger partial charge on any atom is -0.310 e. The van der Waals surface area contributed by atoms with E-state index in [9.17, 15) is 0 Å². The molecule has 0 unspecified atom stereocenters. The molecule has 0 bridgehead atoms. The minimum absolute atomic E-state index is 0.167. The topological polar surface area (TPSA) is 3.24 Å². The summed E-state index contributed by atoms with van der Waals surface area (Å²) in [4.78, 5) is 2.40. The SMILES string of the molecule is CC(C)(c1ccccc1)c1ccc(N(c2ccc(-c3ccccc3)cc2)c2ccc(-c3ccc(-c4ccccc4)cc3)cc2)c2ccccc12. The van der Waals surface area contributed by atoms with Crippen LogP contribution in [-0.4, -0.2) is 0 Å². The van der Waals surface area contributed by atoms with Crippen LogP contribution in [0.1, 0.15) is 25.0 Å². The Morgan fingerprint density at radius 2 is 0.680 bits per heavy atom. The van der Waals surface area contributed by atoms with Crippen LogP contribution < -0.4 is 4.90 Å². The van der Waals surface area contributed by atoms with Gasteiger partial charge in [-0.25, -0.2) is 0 Å². The molecular weight excluding hydrogens is 603 g/mol. The molecule has 1 heteroatoms. The molecule has 50 heavy (non-hydrogen) atoms. The lowest BCUT2D eigenvalue weighted by molar-refractivity contribution is 0.647. The van der Waals surface area contributed by atoms with Crippen molar-refractivity contribution in [1.82, 2.24) is 0 Å². The highest BCUT2D eigenvalue weighted by Crippen LogP contribution is 2.44. The van der Waals surface area contributed by atoms with E-state index in [0.717, 1.165) is 17.1 Å². The van der Waals surface area contributed by atoms with Gasteiger partial charge in [0.05, 0.1) is 5.69 Å². The molecule has 0 aromatic heterocycles. The van der Waals surface area contributed by atoms with Crippen molar-refractivity contribution in [1.29, 1.82) is 0 Å². The van der Waals surface area contributed by atoms with Crippen LogP contribution in [0.5, 0.6) is 0 Å². The summed E-state index contributed by atoms with van der Waals surface area (Å²) in [6, 6.07) is 72.3. The van der Waals surface area contributed by atoms with Crippen molar-refractivity contribution in [3.63, 3.8) is 0 Å². The van der Waals surface area contributed by atoms with Crippen molar-refractivity contribution in [3.8, 4) is 33.4 Å². The summed E-state index contributed by atoms with van der Waals surface area (Å²) in [7, 11) is 0. The second-order valence-corrected chi connectivity index (χ2v) is 13.4. The summed E-state index contributed by atoms with van der Waals surface area (Å²) in [5.41, 5.74) is 13.1. The van der Waals surface area contributed by atoms with E-state index in [1.54, 1.807) is 0 Å². The lowest BCUT2D eigenvalue weighted by Crippen LogP contribution is -2.20. The van der Waals surface area contributed by atoms with Crippen LogP contribution in [0.4, 0.5) is 17.1 Å². The minimum atomic E-state index is -0.167. The van der Waals surface area contributed by atoms with Gasteiger partial charge in [-0.3, -0.25) is 0 Å². The molecule has 8 rings (SSSR count). The molecule has 0 radical (unpaired) electrons. The molecule has 0 heterocycles. The lowest BCUT2D eigenvalue weighted by atomic mass is 9.76. The normalized spacial score (nSPS) is 11.4. The van der Waals surface area contributed by atoms with Gasteiger partial charge in [0.2, 0.25) is 0 Å². The van der Waals surface area contributed by atoms with Gasteiger partial charge in [-0.2, -0.15) is 0 Å². The molecular formula is C49H39N. The average Bonchev–Trinajstić information content (AvgIpc) is 3.19. The van der Waals surface area contributed by atoms with E-state index in [2.05, 4.69) is 219 Å². The van der Waals surface area contributed by atoms with E-state index < -0.39 is 0 Å². The number of anilines is 3. The zero-order valence-corrected chi connectivity index (χ0v) is 28.5. The summed E-state index contributed by atoms with van der Waals surface area (Å²) in [6.07, 6.45) is 0. The van der Waals surface area contributed by atoms with Gasteiger partial charge in [0, 0.05) is 22.2 Å². The van der Waals surface area contributed by atoms with Gasteiger partial charge in [-0.05, 0) is 80.2 Å². The molecule has 0 atom stereocenters. The molecule has 0 aliphatic heterocycles. The molecule has 8 aromatic carbocycles. The molecule has 0 aliphatic carbocycles. The Bertz CT molecular complexity index is 2340. The van der Waals surface area contributed by atoms with E-state index >= 15 is 0 Å². The fourth-order valence-electron chi connectivity index (χ4n) is 7.18. The maximum atomic E-state index is 2.40. The maximum Gasteiger partial charge on any atom is 0.0540 e. The van der Waals surface area contributed by atoms with Gasteiger partial charge < -0.3 is 4.90 Å². The predicted octanol–water partition coefficient (Wildman–Crippen LogP) is 13.6. The first-order valence-electron chi connectivity index (χ1n) is 17.4. The largest absolute Gasteiger partial charge is 0.310 e. The molecule has 0 saturated carbocycles. The van der Waals surface area contributed by atoms with Crippen LogP contribution in [0.15, 0.2) is 200 Å². The second-order valence-electron chi connectivity index (χ2n) is 13.4. The van der Waals surface area contributed by atoms with Gasteiger partial charge in [-0.1, -0.05) is 184 Å². The summed E-state index contributed by atoms with van der Waals surface area (Å²) in [5.74, 6) is 0. The molecule has 0 fully saturated rings. The fraction of sp³-hybridized carbons (Fsp3) is 0.0612. The molecule has 1 nitrogen and oxygen atoms in total. The van der Waals surface area contributed by atoms with Gasteiger partial charge in [0.25, 0.3) is 0 Å². The van der Waals surface area contributed by atoms with Gasteiger partial charge >= 0.3 is 0 Å². The van der Waals surface area contributed by atoms with Crippen molar-refractivity contribution < 1.29 is 0 Å². The quantitative estimate of drug-likeness (QED) is 0.160. The molecule has 0 saturated heterocycles. The number of hydrogen-bond acceptors (Lipinski definition) is 1. The molecule has 0 N–H and O–H groups in total. The first kappa shape index (κ1) is 31.1. The Hall–Kier alpha value is -6.18. The van der Waals surface area contributed by atoms with Crippen LogP contribution in [0, 0.1) is 0 Å². The zero-order chi connectivity index (χ0) is 33.9. The van der Waals surface area contributed by atoms with Crippen LogP contribution in [0.25, 0.3) is 44.2 Å². The number of nitrogens with zero attached hydrogens (tertiary/aromatic N) is 1. The van der Waals surface area contributed by atoms with Crippen molar-refractivity contribution in [2.45, 2.75) is 19.3 Å². The van der Waals surface area contributed by atoms with E-state index in [0.29, 0.717) is 0 Å². The summed E-state index contributed by atoms with van der Waals surface area (Å²) in [6.45, 7) is 4.66. The lowest BCUT2D eigenvalue weighted by Gasteiger charge is -2.31. The molecule has 0 aliphatic rings. The molecule has 8 aromatic rings. The monoisotopic (exact) mass is 641 g/mol. The number of hydrogen-bond donors (Lipinski definition) is 0. The van der Waals surface area contributed by atoms with Crippen LogP contribution in [-0.2, 0) is 5.41 Å². The first-order valence-corrected chi connectivity index (χ1v) is 17.4. The number of rotatable bonds is 8. The van der Waals surface area contributed by atoms with Gasteiger partial charge in [-0.15, -0.1) is 0 Å². The van der Waals surface area contributed by atoms with E-state index in [1.165, 1.54) is 55.3 Å². The highest BCUT2D eigenvalue weighted by Gasteiger charge is 2.27. The highest BCUT2D eigenvalue weighted by molar-refractivity contribution is 6.01. The average molecular weight is 642 g/mol. The smallest absolute Gasteiger partial charge is 0.0540 e.